The quantitative estimate of drug-likeness (QED) is 0.842. The van der Waals surface area contributed by atoms with Gasteiger partial charge in [0.1, 0.15) is 5.75 Å². The normalized spacial score (nSPS) is 12.4. The van der Waals surface area contributed by atoms with E-state index in [-0.39, 0.29) is 6.04 Å². The third kappa shape index (κ3) is 4.38. The topological polar surface area (TPSA) is 35.2 Å². The number of ether oxygens (including phenoxy) is 1. The summed E-state index contributed by atoms with van der Waals surface area (Å²) in [7, 11) is 0. The Morgan fingerprint density at radius 2 is 2.15 bits per heavy atom. The molecule has 1 aromatic heterocycles. The van der Waals surface area contributed by atoms with E-state index in [1.165, 1.54) is 4.88 Å². The second-order valence-corrected chi connectivity index (χ2v) is 6.61. The maximum absolute atomic E-state index is 6.23. The molecule has 1 unspecified atom stereocenters. The summed E-state index contributed by atoms with van der Waals surface area (Å²) in [6.07, 6.45) is 1.56. The Kier molecular flexibility index (Phi) is 5.73. The molecule has 0 amide bonds. The van der Waals surface area contributed by atoms with Crippen LogP contribution in [-0.2, 0) is 12.8 Å². The highest BCUT2D eigenvalue weighted by molar-refractivity contribution is 7.09. The maximum atomic E-state index is 6.23. The van der Waals surface area contributed by atoms with Crippen LogP contribution in [0.4, 0.5) is 0 Å². The smallest absolute Gasteiger partial charge is 0.141 e. The van der Waals surface area contributed by atoms with Crippen LogP contribution in [0.25, 0.3) is 0 Å². The van der Waals surface area contributed by atoms with Gasteiger partial charge in [-0.05, 0) is 42.5 Å². The van der Waals surface area contributed by atoms with E-state index in [1.807, 2.05) is 19.1 Å². The van der Waals surface area contributed by atoms with Crippen LogP contribution in [0.1, 0.15) is 17.4 Å². The van der Waals surface area contributed by atoms with Crippen LogP contribution >= 0.6 is 34.5 Å². The summed E-state index contributed by atoms with van der Waals surface area (Å²) in [4.78, 5) is 1.30. The lowest BCUT2D eigenvalue weighted by molar-refractivity contribution is 0.319. The van der Waals surface area contributed by atoms with Crippen LogP contribution in [0, 0.1) is 0 Å². The molecular weight excluding hydrogens is 313 g/mol. The highest BCUT2D eigenvalue weighted by Gasteiger charge is 2.12. The van der Waals surface area contributed by atoms with Crippen molar-refractivity contribution in [2.75, 3.05) is 6.61 Å². The molecule has 0 saturated heterocycles. The van der Waals surface area contributed by atoms with E-state index >= 15 is 0 Å². The number of hydrogen-bond acceptors (Lipinski definition) is 3. The number of halogens is 2. The van der Waals surface area contributed by atoms with Crippen molar-refractivity contribution in [2.24, 2.45) is 5.73 Å². The number of benzene rings is 1. The molecule has 20 heavy (non-hydrogen) atoms. The van der Waals surface area contributed by atoms with Crippen LogP contribution in [-0.4, -0.2) is 12.6 Å². The van der Waals surface area contributed by atoms with Gasteiger partial charge in [0.2, 0.25) is 0 Å². The molecule has 0 radical (unpaired) electrons. The zero-order valence-electron chi connectivity index (χ0n) is 11.2. The number of rotatable bonds is 6. The molecule has 0 fully saturated rings. The molecule has 2 aromatic rings. The van der Waals surface area contributed by atoms with Crippen molar-refractivity contribution in [3.63, 3.8) is 0 Å². The van der Waals surface area contributed by atoms with Crippen LogP contribution in [0.15, 0.2) is 29.6 Å². The Balaban J connectivity index is 2.08. The Morgan fingerprint density at radius 1 is 1.35 bits per heavy atom. The van der Waals surface area contributed by atoms with Crippen molar-refractivity contribution in [1.82, 2.24) is 0 Å². The van der Waals surface area contributed by atoms with Crippen molar-refractivity contribution in [1.29, 1.82) is 0 Å². The molecule has 0 aliphatic heterocycles. The molecule has 2 nitrogen and oxygen atoms in total. The first-order valence-electron chi connectivity index (χ1n) is 6.45. The predicted molar refractivity (Wildman–Crippen MR) is 87.3 cm³/mol. The van der Waals surface area contributed by atoms with Crippen molar-refractivity contribution in [3.05, 3.63) is 50.1 Å². The van der Waals surface area contributed by atoms with Gasteiger partial charge < -0.3 is 10.5 Å². The molecule has 1 heterocycles. The van der Waals surface area contributed by atoms with E-state index in [1.54, 1.807) is 17.4 Å². The first kappa shape index (κ1) is 15.6. The average molecular weight is 330 g/mol. The first-order chi connectivity index (χ1) is 9.56. The number of thiophene rings is 1. The van der Waals surface area contributed by atoms with Crippen LogP contribution in [0.3, 0.4) is 0 Å². The summed E-state index contributed by atoms with van der Waals surface area (Å²) >= 11 is 14.0. The van der Waals surface area contributed by atoms with E-state index in [0.29, 0.717) is 28.8 Å². The Morgan fingerprint density at radius 3 is 2.80 bits per heavy atom. The third-order valence-electron chi connectivity index (χ3n) is 2.80. The molecule has 5 heteroatoms. The maximum Gasteiger partial charge on any atom is 0.141 e. The van der Waals surface area contributed by atoms with Gasteiger partial charge in [0, 0.05) is 22.4 Å². The van der Waals surface area contributed by atoms with Gasteiger partial charge >= 0.3 is 0 Å². The van der Waals surface area contributed by atoms with Gasteiger partial charge in [-0.25, -0.2) is 0 Å². The Bertz CT molecular complexity index is 555. The molecule has 2 rings (SSSR count). The molecule has 0 spiro atoms. The molecule has 1 atom stereocenters. The summed E-state index contributed by atoms with van der Waals surface area (Å²) in [6, 6.07) is 7.74. The minimum absolute atomic E-state index is 0.0316. The molecular formula is C15H17Cl2NOS. The fourth-order valence-electron chi connectivity index (χ4n) is 1.98. The van der Waals surface area contributed by atoms with E-state index in [2.05, 4.69) is 11.4 Å². The average Bonchev–Trinajstić information content (AvgIpc) is 2.84. The second kappa shape index (κ2) is 7.32. The van der Waals surface area contributed by atoms with Crippen LogP contribution in [0.5, 0.6) is 5.75 Å². The molecule has 1 aromatic carbocycles. The van der Waals surface area contributed by atoms with Crippen molar-refractivity contribution in [2.45, 2.75) is 25.8 Å². The highest BCUT2D eigenvalue weighted by Crippen LogP contribution is 2.33. The van der Waals surface area contributed by atoms with Gasteiger partial charge in [0.05, 0.1) is 11.6 Å². The van der Waals surface area contributed by atoms with E-state index in [0.717, 1.165) is 12.0 Å². The summed E-state index contributed by atoms with van der Waals surface area (Å²) in [6.45, 7) is 2.54. The largest absolute Gasteiger partial charge is 0.491 e. The molecule has 0 saturated carbocycles. The summed E-state index contributed by atoms with van der Waals surface area (Å²) in [5, 5.41) is 3.21. The number of hydrogen-bond donors (Lipinski definition) is 1. The SMILES string of the molecule is CC(N)Cc1cc(Cl)cc(Cl)c1OCCc1cccs1. The van der Waals surface area contributed by atoms with Gasteiger partial charge in [0.15, 0.2) is 0 Å². The predicted octanol–water partition coefficient (Wildman–Crippen LogP) is 4.57. The second-order valence-electron chi connectivity index (χ2n) is 4.74. The zero-order valence-corrected chi connectivity index (χ0v) is 13.6. The Labute approximate surface area is 133 Å². The van der Waals surface area contributed by atoms with Crippen LogP contribution in [0.2, 0.25) is 10.0 Å². The zero-order chi connectivity index (χ0) is 14.5. The standard InChI is InChI=1S/C15H17Cl2NOS/c1-10(18)7-11-8-12(16)9-14(17)15(11)19-5-4-13-3-2-6-20-13/h2-3,6,8-10H,4-5,7,18H2,1H3. The van der Waals surface area contributed by atoms with E-state index in [9.17, 15) is 0 Å². The summed E-state index contributed by atoms with van der Waals surface area (Å²) in [5.41, 5.74) is 6.82. The molecule has 108 valence electrons. The molecule has 0 bridgehead atoms. The fourth-order valence-corrected chi connectivity index (χ4v) is 3.26. The van der Waals surface area contributed by atoms with Crippen molar-refractivity contribution < 1.29 is 4.74 Å². The number of nitrogens with two attached hydrogens (primary N) is 1. The van der Waals surface area contributed by atoms with Gasteiger partial charge in [0.25, 0.3) is 0 Å². The van der Waals surface area contributed by atoms with Crippen molar-refractivity contribution in [3.8, 4) is 5.75 Å². The van der Waals surface area contributed by atoms with Crippen LogP contribution < -0.4 is 10.5 Å². The lowest BCUT2D eigenvalue weighted by atomic mass is 10.1. The van der Waals surface area contributed by atoms with Crippen molar-refractivity contribution >= 4 is 34.5 Å². The van der Waals surface area contributed by atoms with Gasteiger partial charge in [-0.15, -0.1) is 11.3 Å². The molecule has 2 N–H and O–H groups in total. The lowest BCUT2D eigenvalue weighted by Crippen LogP contribution is -2.18. The van der Waals surface area contributed by atoms with Gasteiger partial charge in [-0.1, -0.05) is 29.3 Å². The van der Waals surface area contributed by atoms with Gasteiger partial charge in [-0.3, -0.25) is 0 Å². The summed E-state index contributed by atoms with van der Waals surface area (Å²) < 4.78 is 5.86. The minimum Gasteiger partial charge on any atom is -0.491 e. The van der Waals surface area contributed by atoms with E-state index < -0.39 is 0 Å². The van der Waals surface area contributed by atoms with Gasteiger partial charge in [-0.2, -0.15) is 0 Å². The lowest BCUT2D eigenvalue weighted by Gasteiger charge is -2.15. The minimum atomic E-state index is 0.0316. The monoisotopic (exact) mass is 329 g/mol. The summed E-state index contributed by atoms with van der Waals surface area (Å²) in [5.74, 6) is 0.699. The fraction of sp³-hybridized carbons (Fsp3) is 0.333. The third-order valence-corrected chi connectivity index (χ3v) is 4.24. The van der Waals surface area contributed by atoms with E-state index in [4.69, 9.17) is 33.7 Å². The molecule has 0 aliphatic carbocycles. The molecule has 0 aliphatic rings. The Hall–Kier alpha value is -0.740. The highest BCUT2D eigenvalue weighted by atomic mass is 35.5. The first-order valence-corrected chi connectivity index (χ1v) is 8.08.